The van der Waals surface area contributed by atoms with Crippen molar-refractivity contribution in [3.63, 3.8) is 0 Å². The lowest BCUT2D eigenvalue weighted by molar-refractivity contribution is -0.0588. The van der Waals surface area contributed by atoms with Crippen LogP contribution in [0, 0.1) is 17.8 Å². The largest absolute Gasteiger partial charge is 0.297 e. The second-order valence-electron chi connectivity index (χ2n) is 5.43. The van der Waals surface area contributed by atoms with Gasteiger partial charge in [0.25, 0.3) is 0 Å². The molecule has 0 radical (unpaired) electrons. The number of hydrogen-bond acceptors (Lipinski definition) is 1. The van der Waals surface area contributed by atoms with Crippen LogP contribution < -0.4 is 0 Å². The minimum absolute atomic E-state index is 0.724. The molecule has 0 aliphatic carbocycles. The lowest BCUT2D eigenvalue weighted by Gasteiger charge is -2.54. The molecular formula is C12H25N. The van der Waals surface area contributed by atoms with Crippen molar-refractivity contribution < 1.29 is 0 Å². The highest BCUT2D eigenvalue weighted by Crippen LogP contribution is 2.36. The maximum absolute atomic E-state index is 2.65. The lowest BCUT2D eigenvalue weighted by Crippen LogP contribution is -2.62. The third-order valence-electron chi connectivity index (χ3n) is 3.45. The van der Waals surface area contributed by atoms with Crippen molar-refractivity contribution >= 4 is 0 Å². The van der Waals surface area contributed by atoms with E-state index >= 15 is 0 Å². The molecule has 78 valence electrons. The summed E-state index contributed by atoms with van der Waals surface area (Å²) in [5, 5.41) is 0. The van der Waals surface area contributed by atoms with Crippen LogP contribution in [0.1, 0.15) is 41.5 Å². The second kappa shape index (κ2) is 4.00. The molecule has 0 aromatic heterocycles. The van der Waals surface area contributed by atoms with Gasteiger partial charge in [0.05, 0.1) is 0 Å². The van der Waals surface area contributed by atoms with E-state index in [9.17, 15) is 0 Å². The summed E-state index contributed by atoms with van der Waals surface area (Å²) in [6.45, 7) is 15.4. The summed E-state index contributed by atoms with van der Waals surface area (Å²) in [6.07, 6.45) is 0. The molecule has 2 atom stereocenters. The molecule has 0 aromatic carbocycles. The van der Waals surface area contributed by atoms with Crippen LogP contribution in [0.4, 0.5) is 0 Å². The van der Waals surface area contributed by atoms with Crippen molar-refractivity contribution in [2.45, 2.75) is 53.6 Å². The van der Waals surface area contributed by atoms with Crippen molar-refractivity contribution in [3.05, 3.63) is 0 Å². The van der Waals surface area contributed by atoms with Gasteiger partial charge in [0.2, 0.25) is 0 Å². The zero-order chi connectivity index (χ0) is 10.2. The Bertz CT molecular complexity index is 147. The molecule has 1 saturated heterocycles. The van der Waals surface area contributed by atoms with Gasteiger partial charge in [-0.2, -0.15) is 0 Å². The average molecular weight is 183 g/mol. The van der Waals surface area contributed by atoms with Gasteiger partial charge in [-0.1, -0.05) is 27.7 Å². The summed E-state index contributed by atoms with van der Waals surface area (Å²) in [4.78, 5) is 2.65. The Hall–Kier alpha value is -0.0400. The van der Waals surface area contributed by atoms with E-state index < -0.39 is 0 Å². The highest BCUT2D eigenvalue weighted by Gasteiger charge is 2.42. The highest BCUT2D eigenvalue weighted by molar-refractivity contribution is 4.96. The Kier molecular flexibility index (Phi) is 3.39. The third kappa shape index (κ3) is 2.07. The Morgan fingerprint density at radius 3 is 1.77 bits per heavy atom. The predicted molar refractivity (Wildman–Crippen MR) is 58.8 cm³/mol. The van der Waals surface area contributed by atoms with Gasteiger partial charge in [-0.15, -0.1) is 0 Å². The lowest BCUT2D eigenvalue weighted by atomic mass is 9.74. The summed E-state index contributed by atoms with van der Waals surface area (Å²) in [5.41, 5.74) is 0. The smallest absolute Gasteiger partial charge is 0.0164 e. The second-order valence-corrected chi connectivity index (χ2v) is 5.43. The van der Waals surface area contributed by atoms with E-state index in [-0.39, 0.29) is 0 Å². The molecule has 1 aliphatic rings. The standard InChI is InChI=1S/C12H25N/c1-8(2)11-7-13(10(5)6)12(11)9(3)4/h8-12H,7H2,1-6H3. The fraction of sp³-hybridized carbons (Fsp3) is 1.00. The minimum Gasteiger partial charge on any atom is -0.297 e. The summed E-state index contributed by atoms with van der Waals surface area (Å²) in [7, 11) is 0. The van der Waals surface area contributed by atoms with E-state index in [0.717, 1.165) is 29.8 Å². The first-order valence-electron chi connectivity index (χ1n) is 5.70. The zero-order valence-corrected chi connectivity index (χ0v) is 10.0. The molecule has 0 aromatic rings. The normalized spacial score (nSPS) is 30.2. The van der Waals surface area contributed by atoms with Gasteiger partial charge < -0.3 is 0 Å². The third-order valence-corrected chi connectivity index (χ3v) is 3.45. The van der Waals surface area contributed by atoms with Crippen LogP contribution in [0.25, 0.3) is 0 Å². The average Bonchev–Trinajstić information content (AvgIpc) is 1.79. The van der Waals surface area contributed by atoms with E-state index in [1.54, 1.807) is 0 Å². The molecule has 0 amide bonds. The van der Waals surface area contributed by atoms with E-state index in [1.807, 2.05) is 0 Å². The van der Waals surface area contributed by atoms with Gasteiger partial charge in [-0.05, 0) is 31.6 Å². The maximum Gasteiger partial charge on any atom is 0.0164 e. The van der Waals surface area contributed by atoms with Crippen molar-refractivity contribution in [3.8, 4) is 0 Å². The molecule has 1 fully saturated rings. The SMILES string of the molecule is CC(C)C1CN(C(C)C)C1C(C)C. The van der Waals surface area contributed by atoms with Crippen LogP contribution >= 0.6 is 0 Å². The van der Waals surface area contributed by atoms with Gasteiger partial charge in [0, 0.05) is 18.6 Å². The summed E-state index contributed by atoms with van der Waals surface area (Å²) in [6, 6.07) is 1.56. The minimum atomic E-state index is 0.724. The summed E-state index contributed by atoms with van der Waals surface area (Å²) < 4.78 is 0. The van der Waals surface area contributed by atoms with E-state index in [1.165, 1.54) is 6.54 Å². The maximum atomic E-state index is 2.65. The number of nitrogens with zero attached hydrogens (tertiary/aromatic N) is 1. The first-order valence-corrected chi connectivity index (χ1v) is 5.70. The van der Waals surface area contributed by atoms with E-state index in [0.29, 0.717) is 0 Å². The molecule has 0 N–H and O–H groups in total. The van der Waals surface area contributed by atoms with Crippen LogP contribution in [0.2, 0.25) is 0 Å². The molecule has 0 saturated carbocycles. The monoisotopic (exact) mass is 183 g/mol. The van der Waals surface area contributed by atoms with Crippen LogP contribution in [0.15, 0.2) is 0 Å². The molecule has 1 heteroatoms. The van der Waals surface area contributed by atoms with Crippen LogP contribution in [-0.2, 0) is 0 Å². The summed E-state index contributed by atoms with van der Waals surface area (Å²) in [5.74, 6) is 2.59. The van der Waals surface area contributed by atoms with Crippen molar-refractivity contribution in [1.29, 1.82) is 0 Å². The number of likely N-dealkylation sites (tertiary alicyclic amines) is 1. The number of rotatable bonds is 3. The Morgan fingerprint density at radius 2 is 1.46 bits per heavy atom. The fourth-order valence-electron chi connectivity index (χ4n) is 2.62. The zero-order valence-electron chi connectivity index (χ0n) is 10.0. The Labute approximate surface area is 83.5 Å². The van der Waals surface area contributed by atoms with Gasteiger partial charge in [0.15, 0.2) is 0 Å². The number of hydrogen-bond donors (Lipinski definition) is 0. The quantitative estimate of drug-likeness (QED) is 0.650. The Morgan fingerprint density at radius 1 is 0.923 bits per heavy atom. The van der Waals surface area contributed by atoms with Gasteiger partial charge >= 0.3 is 0 Å². The molecule has 1 aliphatic heterocycles. The van der Waals surface area contributed by atoms with Crippen LogP contribution in [-0.4, -0.2) is 23.5 Å². The van der Waals surface area contributed by atoms with Crippen molar-refractivity contribution in [2.24, 2.45) is 17.8 Å². The van der Waals surface area contributed by atoms with E-state index in [2.05, 4.69) is 46.4 Å². The topological polar surface area (TPSA) is 3.24 Å². The van der Waals surface area contributed by atoms with Gasteiger partial charge in [-0.25, -0.2) is 0 Å². The fourth-order valence-corrected chi connectivity index (χ4v) is 2.62. The molecule has 1 heterocycles. The van der Waals surface area contributed by atoms with Crippen molar-refractivity contribution in [2.75, 3.05) is 6.54 Å². The first kappa shape index (κ1) is 11.0. The molecule has 0 bridgehead atoms. The molecule has 13 heavy (non-hydrogen) atoms. The first-order chi connectivity index (χ1) is 5.95. The van der Waals surface area contributed by atoms with Crippen LogP contribution in [0.5, 0.6) is 0 Å². The van der Waals surface area contributed by atoms with Gasteiger partial charge in [0.1, 0.15) is 0 Å². The molecule has 1 nitrogen and oxygen atoms in total. The predicted octanol–water partition coefficient (Wildman–Crippen LogP) is 3.01. The van der Waals surface area contributed by atoms with E-state index in [4.69, 9.17) is 0 Å². The highest BCUT2D eigenvalue weighted by atomic mass is 15.2. The van der Waals surface area contributed by atoms with Crippen LogP contribution in [0.3, 0.4) is 0 Å². The molecule has 2 unspecified atom stereocenters. The molecule has 0 spiro atoms. The molecule has 1 rings (SSSR count). The summed E-state index contributed by atoms with van der Waals surface area (Å²) >= 11 is 0. The van der Waals surface area contributed by atoms with Gasteiger partial charge in [-0.3, -0.25) is 4.90 Å². The van der Waals surface area contributed by atoms with Crippen molar-refractivity contribution in [1.82, 2.24) is 4.90 Å². The Balaban J connectivity index is 2.58. The molecular weight excluding hydrogens is 158 g/mol.